The van der Waals surface area contributed by atoms with E-state index in [4.69, 9.17) is 4.74 Å². The molecule has 0 bridgehead atoms. The Morgan fingerprint density at radius 2 is 1.70 bits per heavy atom. The average molecular weight is 370 g/mol. The third-order valence-electron chi connectivity index (χ3n) is 3.86. The zero-order valence-corrected chi connectivity index (χ0v) is 15.3. The maximum atomic E-state index is 12.4. The zero-order valence-electron chi connectivity index (χ0n) is 15.3. The van der Waals surface area contributed by atoms with Gasteiger partial charge in [-0.2, -0.15) is 0 Å². The first-order valence-electron chi connectivity index (χ1n) is 8.62. The van der Waals surface area contributed by atoms with E-state index < -0.39 is 22.8 Å². The molecule has 27 heavy (non-hydrogen) atoms. The molecule has 0 aliphatic heterocycles. The number of hydrogen-bond donors (Lipinski definition) is 1. The minimum atomic E-state index is -0.795. The molecule has 0 fully saturated rings. The molecule has 0 unspecified atom stereocenters. The van der Waals surface area contributed by atoms with E-state index in [0.29, 0.717) is 6.42 Å². The summed E-state index contributed by atoms with van der Waals surface area (Å²) in [4.78, 5) is 35.0. The van der Waals surface area contributed by atoms with Crippen LogP contribution in [-0.4, -0.2) is 22.8 Å². The van der Waals surface area contributed by atoms with E-state index in [9.17, 15) is 19.7 Å². The highest BCUT2D eigenvalue weighted by Crippen LogP contribution is 2.13. The molecule has 142 valence electrons. The van der Waals surface area contributed by atoms with Gasteiger partial charge in [-0.3, -0.25) is 14.9 Å². The van der Waals surface area contributed by atoms with E-state index in [-0.39, 0.29) is 23.8 Å². The Morgan fingerprint density at radius 3 is 2.26 bits per heavy atom. The van der Waals surface area contributed by atoms with Crippen molar-refractivity contribution >= 4 is 17.6 Å². The molecule has 0 saturated heterocycles. The lowest BCUT2D eigenvalue weighted by atomic mass is 10.0. The van der Waals surface area contributed by atoms with Crippen LogP contribution in [0.25, 0.3) is 0 Å². The number of hydrogen-bond acceptors (Lipinski definition) is 5. The van der Waals surface area contributed by atoms with Crippen LogP contribution in [0.1, 0.15) is 36.2 Å². The van der Waals surface area contributed by atoms with Crippen molar-refractivity contribution in [1.82, 2.24) is 5.32 Å². The van der Waals surface area contributed by atoms with Crippen molar-refractivity contribution in [3.8, 4) is 0 Å². The van der Waals surface area contributed by atoms with Gasteiger partial charge in [0.1, 0.15) is 12.6 Å². The number of amides is 1. The topological polar surface area (TPSA) is 98.5 Å². The Balaban J connectivity index is 2.02. The maximum Gasteiger partial charge on any atom is 0.328 e. The second kappa shape index (κ2) is 9.47. The summed E-state index contributed by atoms with van der Waals surface area (Å²) in [5.41, 5.74) is 0.994. The number of carbonyl (C=O) groups is 2. The third kappa shape index (κ3) is 6.22. The molecule has 0 aliphatic rings. The molecule has 0 spiro atoms. The fourth-order valence-corrected chi connectivity index (χ4v) is 2.49. The van der Waals surface area contributed by atoms with Crippen LogP contribution in [0.3, 0.4) is 0 Å². The van der Waals surface area contributed by atoms with Crippen LogP contribution in [0.15, 0.2) is 54.6 Å². The van der Waals surface area contributed by atoms with Gasteiger partial charge in [0.25, 0.3) is 11.6 Å². The Morgan fingerprint density at radius 1 is 1.07 bits per heavy atom. The van der Waals surface area contributed by atoms with Crippen molar-refractivity contribution < 1.29 is 19.2 Å². The second-order valence-corrected chi connectivity index (χ2v) is 6.55. The minimum Gasteiger partial charge on any atom is -0.459 e. The van der Waals surface area contributed by atoms with Gasteiger partial charge in [-0.15, -0.1) is 0 Å². The molecule has 7 nitrogen and oxygen atoms in total. The minimum absolute atomic E-state index is 0.104. The average Bonchev–Trinajstić information content (AvgIpc) is 2.66. The lowest BCUT2D eigenvalue weighted by Crippen LogP contribution is -2.42. The van der Waals surface area contributed by atoms with Crippen molar-refractivity contribution in [1.29, 1.82) is 0 Å². The quantitative estimate of drug-likeness (QED) is 0.436. The molecule has 2 rings (SSSR count). The lowest BCUT2D eigenvalue weighted by molar-refractivity contribution is -0.384. The summed E-state index contributed by atoms with van der Waals surface area (Å²) >= 11 is 0. The van der Waals surface area contributed by atoms with E-state index in [2.05, 4.69) is 5.32 Å². The van der Waals surface area contributed by atoms with Gasteiger partial charge in [0, 0.05) is 17.7 Å². The van der Waals surface area contributed by atoms with E-state index in [0.717, 1.165) is 5.56 Å². The molecule has 0 aromatic heterocycles. The van der Waals surface area contributed by atoms with Gasteiger partial charge in [-0.1, -0.05) is 44.2 Å². The molecule has 1 amide bonds. The first kappa shape index (κ1) is 20.1. The monoisotopic (exact) mass is 370 g/mol. The van der Waals surface area contributed by atoms with Crippen molar-refractivity contribution in [2.24, 2.45) is 5.92 Å². The summed E-state index contributed by atoms with van der Waals surface area (Å²) in [6.45, 7) is 4.01. The number of esters is 1. The predicted octanol–water partition coefficient (Wildman–Crippen LogP) is 3.48. The molecule has 2 aromatic rings. The summed E-state index contributed by atoms with van der Waals surface area (Å²) in [6.07, 6.45) is 0.423. The molecule has 0 radical (unpaired) electrons. The summed E-state index contributed by atoms with van der Waals surface area (Å²) < 4.78 is 5.34. The number of benzene rings is 2. The fourth-order valence-electron chi connectivity index (χ4n) is 2.49. The normalized spacial score (nSPS) is 11.7. The Hall–Kier alpha value is -3.22. The Kier molecular flexibility index (Phi) is 7.05. The smallest absolute Gasteiger partial charge is 0.328 e. The maximum absolute atomic E-state index is 12.4. The number of nitro benzene ring substituents is 1. The van der Waals surface area contributed by atoms with Gasteiger partial charge in [-0.25, -0.2) is 4.79 Å². The molecule has 2 aromatic carbocycles. The Bertz CT molecular complexity index is 788. The summed E-state index contributed by atoms with van der Waals surface area (Å²) in [5, 5.41) is 13.4. The van der Waals surface area contributed by atoms with Crippen molar-refractivity contribution in [3.05, 3.63) is 75.8 Å². The third-order valence-corrected chi connectivity index (χ3v) is 3.86. The number of carbonyl (C=O) groups excluding carboxylic acids is 2. The molecular formula is C20H22N2O5. The number of nitrogens with one attached hydrogen (secondary N) is 1. The zero-order chi connectivity index (χ0) is 19.8. The summed E-state index contributed by atoms with van der Waals surface area (Å²) in [6, 6.07) is 13.7. The molecular weight excluding hydrogens is 348 g/mol. The molecule has 0 aliphatic carbocycles. The standard InChI is InChI=1S/C20H22N2O5/c1-14(2)12-18(20(24)27-13-15-6-4-3-5-7-15)21-19(23)16-8-10-17(11-9-16)22(25)26/h3-11,14,18H,12-13H2,1-2H3,(H,21,23)/t18-/m0/s1. The number of non-ortho nitro benzene ring substituents is 1. The van der Waals surface area contributed by atoms with E-state index in [1.165, 1.54) is 24.3 Å². The highest BCUT2D eigenvalue weighted by molar-refractivity contribution is 5.96. The lowest BCUT2D eigenvalue weighted by Gasteiger charge is -2.19. The summed E-state index contributed by atoms with van der Waals surface area (Å²) in [7, 11) is 0. The number of nitro groups is 1. The van der Waals surface area contributed by atoms with Gasteiger partial charge in [-0.05, 0) is 30.0 Å². The van der Waals surface area contributed by atoms with Crippen LogP contribution in [-0.2, 0) is 16.1 Å². The van der Waals surface area contributed by atoms with Gasteiger partial charge < -0.3 is 10.1 Å². The number of nitrogens with zero attached hydrogens (tertiary/aromatic N) is 1. The van der Waals surface area contributed by atoms with Crippen LogP contribution in [0.5, 0.6) is 0 Å². The Labute approximate surface area is 157 Å². The highest BCUT2D eigenvalue weighted by Gasteiger charge is 2.24. The van der Waals surface area contributed by atoms with Crippen molar-refractivity contribution in [2.75, 3.05) is 0 Å². The van der Waals surface area contributed by atoms with E-state index in [1.807, 2.05) is 44.2 Å². The molecule has 0 saturated carbocycles. The van der Waals surface area contributed by atoms with Crippen LogP contribution in [0, 0.1) is 16.0 Å². The van der Waals surface area contributed by atoms with Gasteiger partial charge in [0.15, 0.2) is 0 Å². The van der Waals surface area contributed by atoms with Crippen LogP contribution >= 0.6 is 0 Å². The second-order valence-electron chi connectivity index (χ2n) is 6.55. The van der Waals surface area contributed by atoms with Gasteiger partial charge in [0.2, 0.25) is 0 Å². The van der Waals surface area contributed by atoms with Crippen molar-refractivity contribution in [3.63, 3.8) is 0 Å². The van der Waals surface area contributed by atoms with Crippen molar-refractivity contribution in [2.45, 2.75) is 32.9 Å². The highest BCUT2D eigenvalue weighted by atomic mass is 16.6. The van der Waals surface area contributed by atoms with E-state index in [1.54, 1.807) is 0 Å². The first-order chi connectivity index (χ1) is 12.9. The number of rotatable bonds is 8. The molecule has 1 N–H and O–H groups in total. The molecule has 0 heterocycles. The SMILES string of the molecule is CC(C)C[C@H](NC(=O)c1ccc([N+](=O)[O-])cc1)C(=O)OCc1ccccc1. The fraction of sp³-hybridized carbons (Fsp3) is 0.300. The molecule has 7 heteroatoms. The number of ether oxygens (including phenoxy) is 1. The molecule has 1 atom stereocenters. The summed E-state index contributed by atoms with van der Waals surface area (Å²) in [5.74, 6) is -0.827. The van der Waals surface area contributed by atoms with Crippen LogP contribution < -0.4 is 5.32 Å². The predicted molar refractivity (Wildman–Crippen MR) is 100 cm³/mol. The van der Waals surface area contributed by atoms with Crippen LogP contribution in [0.2, 0.25) is 0 Å². The van der Waals surface area contributed by atoms with Crippen LogP contribution in [0.4, 0.5) is 5.69 Å². The van der Waals surface area contributed by atoms with Gasteiger partial charge in [0.05, 0.1) is 4.92 Å². The van der Waals surface area contributed by atoms with E-state index >= 15 is 0 Å². The van der Waals surface area contributed by atoms with Gasteiger partial charge >= 0.3 is 5.97 Å². The largest absolute Gasteiger partial charge is 0.459 e. The first-order valence-corrected chi connectivity index (χ1v) is 8.62.